The molecule has 1 atom stereocenters. The van der Waals surface area contributed by atoms with Gasteiger partial charge in [-0.05, 0) is 26.3 Å². The predicted octanol–water partition coefficient (Wildman–Crippen LogP) is 2.61. The molecule has 0 aliphatic rings. The predicted molar refractivity (Wildman–Crippen MR) is 107 cm³/mol. The highest BCUT2D eigenvalue weighted by molar-refractivity contribution is 5.81. The Morgan fingerprint density at radius 3 is 2.77 bits per heavy atom. The second-order valence-electron chi connectivity index (χ2n) is 5.96. The van der Waals surface area contributed by atoms with Crippen LogP contribution in [0.2, 0.25) is 0 Å². The molecule has 0 spiro atoms. The summed E-state index contributed by atoms with van der Waals surface area (Å²) in [6.45, 7) is 12.0. The number of carbonyl (C=O) groups is 1. The second-order valence-corrected chi connectivity index (χ2v) is 5.96. The third kappa shape index (κ3) is 8.55. The molecule has 0 heterocycles. The van der Waals surface area contributed by atoms with Crippen LogP contribution in [0.25, 0.3) is 0 Å². The van der Waals surface area contributed by atoms with Gasteiger partial charge < -0.3 is 20.7 Å². The Morgan fingerprint density at radius 2 is 2.08 bits per heavy atom. The van der Waals surface area contributed by atoms with Crippen LogP contribution in [0.15, 0.2) is 41.9 Å². The maximum Gasteiger partial charge on any atom is 0.221 e. The summed E-state index contributed by atoms with van der Waals surface area (Å²) in [5.41, 5.74) is 1.00. The first kappa shape index (κ1) is 21.5. The molecule has 6 heteroatoms. The molecule has 0 bridgehead atoms. The minimum atomic E-state index is 0.0471. The van der Waals surface area contributed by atoms with Crippen LogP contribution in [0.3, 0.4) is 0 Å². The second kappa shape index (κ2) is 12.8. The molecule has 0 saturated heterocycles. The molecule has 0 saturated carbocycles. The Balaban J connectivity index is 2.58. The van der Waals surface area contributed by atoms with E-state index in [9.17, 15) is 4.79 Å². The summed E-state index contributed by atoms with van der Waals surface area (Å²) in [5.74, 6) is 1.54. The van der Waals surface area contributed by atoms with Gasteiger partial charge in [0.05, 0.1) is 6.54 Å². The van der Waals surface area contributed by atoms with Gasteiger partial charge >= 0.3 is 0 Å². The van der Waals surface area contributed by atoms with Gasteiger partial charge in [-0.15, -0.1) is 0 Å². The summed E-state index contributed by atoms with van der Waals surface area (Å²) in [7, 11) is 0. The van der Waals surface area contributed by atoms with Crippen molar-refractivity contribution in [3.05, 3.63) is 42.5 Å². The van der Waals surface area contributed by atoms with Gasteiger partial charge in [0.25, 0.3) is 0 Å². The highest BCUT2D eigenvalue weighted by atomic mass is 16.5. The fraction of sp³-hybridized carbons (Fsp3) is 0.500. The Kier molecular flexibility index (Phi) is 10.6. The van der Waals surface area contributed by atoms with Crippen LogP contribution < -0.4 is 20.7 Å². The molecule has 0 aromatic heterocycles. The van der Waals surface area contributed by atoms with Crippen LogP contribution in [0.1, 0.15) is 39.2 Å². The van der Waals surface area contributed by atoms with Gasteiger partial charge in [0.15, 0.2) is 5.96 Å². The van der Waals surface area contributed by atoms with Crippen molar-refractivity contribution >= 4 is 11.9 Å². The van der Waals surface area contributed by atoms with Crippen molar-refractivity contribution in [2.75, 3.05) is 19.7 Å². The summed E-state index contributed by atoms with van der Waals surface area (Å²) >= 11 is 0. The molecular weight excluding hydrogens is 328 g/mol. The largest absolute Gasteiger partial charge is 0.489 e. The molecule has 26 heavy (non-hydrogen) atoms. The van der Waals surface area contributed by atoms with E-state index in [0.717, 1.165) is 24.3 Å². The monoisotopic (exact) mass is 360 g/mol. The number of benzene rings is 1. The average Bonchev–Trinajstić information content (AvgIpc) is 2.64. The molecule has 1 rings (SSSR count). The summed E-state index contributed by atoms with van der Waals surface area (Å²) in [6.07, 6.45) is 3.06. The number of guanidine groups is 1. The normalized spacial score (nSPS) is 12.2. The third-order valence-electron chi connectivity index (χ3n) is 3.75. The SMILES string of the molecule is C=CCOc1ccccc1CN=C(NCC)NCCC(=O)NC(C)CC. The molecular formula is C20H32N4O2. The molecule has 1 unspecified atom stereocenters. The quantitative estimate of drug-likeness (QED) is 0.322. The number of ether oxygens (including phenoxy) is 1. The lowest BCUT2D eigenvalue weighted by Crippen LogP contribution is -2.40. The Labute approximate surface area is 157 Å². The minimum Gasteiger partial charge on any atom is -0.489 e. The third-order valence-corrected chi connectivity index (χ3v) is 3.75. The van der Waals surface area contributed by atoms with E-state index >= 15 is 0 Å². The van der Waals surface area contributed by atoms with E-state index in [0.29, 0.717) is 32.1 Å². The van der Waals surface area contributed by atoms with E-state index in [1.807, 2.05) is 38.1 Å². The Bertz CT molecular complexity index is 587. The van der Waals surface area contributed by atoms with Crippen molar-refractivity contribution in [3.8, 4) is 5.75 Å². The van der Waals surface area contributed by atoms with Crippen LogP contribution in [-0.4, -0.2) is 37.6 Å². The van der Waals surface area contributed by atoms with Gasteiger partial charge in [-0.1, -0.05) is 37.8 Å². The van der Waals surface area contributed by atoms with Gasteiger partial charge in [0.1, 0.15) is 12.4 Å². The topological polar surface area (TPSA) is 74.8 Å². The van der Waals surface area contributed by atoms with Gasteiger partial charge in [-0.2, -0.15) is 0 Å². The summed E-state index contributed by atoms with van der Waals surface area (Å²) in [5, 5.41) is 9.34. The molecule has 0 aliphatic carbocycles. The number of hydrogen-bond acceptors (Lipinski definition) is 3. The van der Waals surface area contributed by atoms with E-state index in [1.165, 1.54) is 0 Å². The number of nitrogens with zero attached hydrogens (tertiary/aromatic N) is 1. The lowest BCUT2D eigenvalue weighted by atomic mass is 10.2. The highest BCUT2D eigenvalue weighted by Gasteiger charge is 2.06. The van der Waals surface area contributed by atoms with Gasteiger partial charge in [-0.25, -0.2) is 4.99 Å². The molecule has 0 aliphatic heterocycles. The fourth-order valence-corrected chi connectivity index (χ4v) is 2.17. The maximum atomic E-state index is 11.8. The summed E-state index contributed by atoms with van der Waals surface area (Å²) in [6, 6.07) is 8.02. The van der Waals surface area contributed by atoms with Gasteiger partial charge in [-0.3, -0.25) is 4.79 Å². The minimum absolute atomic E-state index is 0.0471. The van der Waals surface area contributed by atoms with Crippen LogP contribution in [-0.2, 0) is 11.3 Å². The highest BCUT2D eigenvalue weighted by Crippen LogP contribution is 2.18. The van der Waals surface area contributed by atoms with Crippen molar-refractivity contribution in [2.24, 2.45) is 4.99 Å². The van der Waals surface area contributed by atoms with Crippen molar-refractivity contribution in [1.29, 1.82) is 0 Å². The molecule has 6 nitrogen and oxygen atoms in total. The number of para-hydroxylation sites is 1. The van der Waals surface area contributed by atoms with E-state index in [-0.39, 0.29) is 11.9 Å². The zero-order valence-corrected chi connectivity index (χ0v) is 16.2. The number of carbonyl (C=O) groups excluding carboxylic acids is 1. The molecule has 144 valence electrons. The van der Waals surface area contributed by atoms with Crippen molar-refractivity contribution < 1.29 is 9.53 Å². The zero-order chi connectivity index (χ0) is 19.2. The van der Waals surface area contributed by atoms with Crippen LogP contribution in [0, 0.1) is 0 Å². The standard InChI is InChI=1S/C20H32N4O2/c1-5-14-26-18-11-9-8-10-17(18)15-23-20(21-7-3)22-13-12-19(25)24-16(4)6-2/h5,8-11,16H,1,6-7,12-15H2,2-4H3,(H,24,25)(H2,21,22,23). The van der Waals surface area contributed by atoms with Crippen molar-refractivity contribution in [3.63, 3.8) is 0 Å². The van der Waals surface area contributed by atoms with Crippen LogP contribution in [0.5, 0.6) is 5.75 Å². The van der Waals surface area contributed by atoms with Gasteiger partial charge in [0, 0.05) is 31.1 Å². The molecule has 0 radical (unpaired) electrons. The first-order valence-corrected chi connectivity index (χ1v) is 9.23. The number of aliphatic imine (C=N–C) groups is 1. The van der Waals surface area contributed by atoms with Crippen molar-refractivity contribution in [1.82, 2.24) is 16.0 Å². The number of nitrogens with one attached hydrogen (secondary N) is 3. The van der Waals surface area contributed by atoms with Crippen molar-refractivity contribution in [2.45, 2.75) is 46.2 Å². The molecule has 1 amide bonds. The first-order valence-electron chi connectivity index (χ1n) is 9.23. The van der Waals surface area contributed by atoms with Crippen LogP contribution in [0.4, 0.5) is 0 Å². The van der Waals surface area contributed by atoms with Crippen LogP contribution >= 0.6 is 0 Å². The zero-order valence-electron chi connectivity index (χ0n) is 16.2. The molecule has 1 aromatic carbocycles. The number of hydrogen-bond donors (Lipinski definition) is 3. The Hall–Kier alpha value is -2.50. The lowest BCUT2D eigenvalue weighted by Gasteiger charge is -2.14. The summed E-state index contributed by atoms with van der Waals surface area (Å²) in [4.78, 5) is 16.4. The number of amides is 1. The number of rotatable bonds is 11. The smallest absolute Gasteiger partial charge is 0.221 e. The van der Waals surface area contributed by atoms with E-state index in [2.05, 4.69) is 34.4 Å². The molecule has 0 fully saturated rings. The molecule has 3 N–H and O–H groups in total. The van der Waals surface area contributed by atoms with E-state index in [4.69, 9.17) is 4.74 Å². The summed E-state index contributed by atoms with van der Waals surface area (Å²) < 4.78 is 5.66. The van der Waals surface area contributed by atoms with E-state index in [1.54, 1.807) is 6.08 Å². The first-order chi connectivity index (χ1) is 12.6. The Morgan fingerprint density at radius 1 is 1.31 bits per heavy atom. The average molecular weight is 361 g/mol. The lowest BCUT2D eigenvalue weighted by molar-refractivity contribution is -0.121. The van der Waals surface area contributed by atoms with Gasteiger partial charge in [0.2, 0.25) is 5.91 Å². The van der Waals surface area contributed by atoms with E-state index < -0.39 is 0 Å². The fourth-order valence-electron chi connectivity index (χ4n) is 2.17. The molecule has 1 aromatic rings. The maximum absolute atomic E-state index is 11.8.